The topological polar surface area (TPSA) is 198 Å². The molecule has 0 saturated heterocycles. The third-order valence-corrected chi connectivity index (χ3v) is 17.1. The quantitative estimate of drug-likeness (QED) is 0.0881. The van der Waals surface area contributed by atoms with Gasteiger partial charge in [0.15, 0.2) is 5.60 Å². The Morgan fingerprint density at radius 3 is 2.00 bits per heavy atom. The molecule has 4 fully saturated rings. The normalized spacial score (nSPS) is 34.0. The molecule has 1 unspecified atom stereocenters. The average molecular weight is 1150 g/mol. The number of carbonyl (C=O) groups excluding carboxylic acids is 5. The fourth-order valence-corrected chi connectivity index (χ4v) is 15.3. The van der Waals surface area contributed by atoms with Crippen molar-refractivity contribution in [1.82, 2.24) is 0 Å². The van der Waals surface area contributed by atoms with Crippen molar-refractivity contribution >= 4 is 109 Å². The lowest BCUT2D eigenvalue weighted by Crippen LogP contribution is -2.64. The van der Waals surface area contributed by atoms with E-state index in [1.165, 1.54) is 20.8 Å². The van der Waals surface area contributed by atoms with Crippen molar-refractivity contribution in [2.24, 2.45) is 46.3 Å². The molecule has 5 rings (SSSR count). The third-order valence-electron chi connectivity index (χ3n) is 13.9. The number of fused-ring (bicyclic) bond motifs is 5. The molecule has 324 valence electrons. The molecule has 4 aliphatic rings. The van der Waals surface area contributed by atoms with Gasteiger partial charge in [-0.25, -0.2) is 9.59 Å². The summed E-state index contributed by atoms with van der Waals surface area (Å²) in [6.07, 6.45) is 1.64. The van der Waals surface area contributed by atoms with Gasteiger partial charge in [-0.1, -0.05) is 20.8 Å². The number of amides is 2. The minimum atomic E-state index is -1.88. The van der Waals surface area contributed by atoms with E-state index in [9.17, 15) is 39.3 Å². The average Bonchev–Trinajstić information content (AvgIpc) is 3.46. The number of rotatable bonds is 10. The summed E-state index contributed by atoms with van der Waals surface area (Å²) in [5.74, 6) is -2.60. The van der Waals surface area contributed by atoms with Gasteiger partial charge in [-0.2, -0.15) is 0 Å². The van der Waals surface area contributed by atoms with Gasteiger partial charge < -0.3 is 40.2 Å². The summed E-state index contributed by atoms with van der Waals surface area (Å²) in [5, 5.41) is 41.3. The van der Waals surface area contributed by atoms with Gasteiger partial charge in [-0.3, -0.25) is 14.4 Å². The lowest BCUT2D eigenvalue weighted by molar-refractivity contribution is -0.225. The number of anilines is 2. The van der Waals surface area contributed by atoms with Crippen LogP contribution in [-0.2, 0) is 33.4 Å². The van der Waals surface area contributed by atoms with Crippen molar-refractivity contribution < 1.29 is 53.5 Å². The van der Waals surface area contributed by atoms with Crippen LogP contribution in [0, 0.1) is 57.0 Å². The summed E-state index contributed by atoms with van der Waals surface area (Å²) in [6, 6.07) is 0. The van der Waals surface area contributed by atoms with Gasteiger partial charge in [0.2, 0.25) is 18.1 Å². The first-order chi connectivity index (χ1) is 26.7. The molecule has 0 bridgehead atoms. The number of hydrogen-bond donors (Lipinski definition) is 5. The van der Waals surface area contributed by atoms with Crippen molar-refractivity contribution in [2.45, 2.75) is 150 Å². The van der Waals surface area contributed by atoms with Crippen LogP contribution in [0.25, 0.3) is 0 Å². The van der Waals surface area contributed by atoms with Crippen molar-refractivity contribution in [3.05, 3.63) is 16.3 Å². The van der Waals surface area contributed by atoms with Crippen LogP contribution in [0.2, 0.25) is 0 Å². The summed E-state index contributed by atoms with van der Waals surface area (Å²) in [5.41, 5.74) is -2.51. The smallest absolute Gasteiger partial charge is 0.343 e. The molecule has 4 aliphatic carbocycles. The maximum Gasteiger partial charge on any atom is 0.343 e. The summed E-state index contributed by atoms with van der Waals surface area (Å²) >= 11 is 5.82. The maximum atomic E-state index is 13.7. The van der Waals surface area contributed by atoms with E-state index >= 15 is 0 Å². The Morgan fingerprint density at radius 2 is 1.45 bits per heavy atom. The fourth-order valence-electron chi connectivity index (χ4n) is 11.2. The van der Waals surface area contributed by atoms with Gasteiger partial charge in [0.25, 0.3) is 0 Å². The second-order valence-corrected chi connectivity index (χ2v) is 22.0. The summed E-state index contributed by atoms with van der Waals surface area (Å²) in [4.78, 5) is 64.0. The molecule has 2 amide bonds. The van der Waals surface area contributed by atoms with Gasteiger partial charge in [0.05, 0.1) is 39.9 Å². The van der Waals surface area contributed by atoms with E-state index in [2.05, 4.69) is 31.4 Å². The zero-order valence-electron chi connectivity index (χ0n) is 34.8. The molecule has 1 aromatic rings. The van der Waals surface area contributed by atoms with Gasteiger partial charge in [0, 0.05) is 27.2 Å². The number of carbonyl (C=O) groups is 5. The Labute approximate surface area is 382 Å². The molecule has 0 heterocycles. The minimum Gasteiger partial charge on any atom is -0.460 e. The standard InChI is InChI=1S/C42H59I3N2O11/c1-19(10-13-29(52)58-39(5,6)7)24-11-12-25-30-26(17-28(51)41(24,25)9)40(8)14-15-42(55,18-23(40)16-27(30)50)38(54)57-22(4)56-37(53)31-32(43)35(46-20(2)48)34(45)36(33(31)44)47-21(3)49/h19,22-28,30,50-51,55H,10-18H2,1-9H3,(H,46,48)(H,47,49)/t19-,22?,23-,24-,25+,26+,27-,28+,30+,40+,41-,42-/m1/s1. The molecule has 13 nitrogen and oxygen atoms in total. The molecule has 16 heteroatoms. The maximum absolute atomic E-state index is 13.7. The van der Waals surface area contributed by atoms with Crippen molar-refractivity contribution in [2.75, 3.05) is 10.6 Å². The van der Waals surface area contributed by atoms with Gasteiger partial charge in [0.1, 0.15) is 5.60 Å². The van der Waals surface area contributed by atoms with Crippen LogP contribution in [0.5, 0.6) is 0 Å². The minimum absolute atomic E-state index is 0.0192. The lowest BCUT2D eigenvalue weighted by atomic mass is 9.42. The second kappa shape index (κ2) is 17.8. The highest BCUT2D eigenvalue weighted by Crippen LogP contribution is 2.69. The lowest BCUT2D eigenvalue weighted by Gasteiger charge is -2.64. The highest BCUT2D eigenvalue weighted by molar-refractivity contribution is 14.1. The summed E-state index contributed by atoms with van der Waals surface area (Å²) in [6.45, 7) is 16.1. The fraction of sp³-hybridized carbons (Fsp3) is 0.738. The van der Waals surface area contributed by atoms with E-state index < -0.39 is 47.1 Å². The van der Waals surface area contributed by atoms with E-state index in [1.807, 2.05) is 88.5 Å². The molecule has 0 aromatic heterocycles. The number of aliphatic hydroxyl groups is 3. The predicted octanol–water partition coefficient (Wildman–Crippen LogP) is 7.55. The Kier molecular flexibility index (Phi) is 14.6. The Bertz CT molecular complexity index is 1780. The highest BCUT2D eigenvalue weighted by Gasteiger charge is 2.67. The Morgan fingerprint density at radius 1 is 0.862 bits per heavy atom. The van der Waals surface area contributed by atoms with Crippen LogP contribution in [0.4, 0.5) is 11.4 Å². The molecular weight excluding hydrogens is 1090 g/mol. The number of halogens is 3. The van der Waals surface area contributed by atoms with Gasteiger partial charge >= 0.3 is 17.9 Å². The molecule has 5 N–H and O–H groups in total. The number of esters is 3. The Hall–Kier alpha value is -1.36. The van der Waals surface area contributed by atoms with Crippen LogP contribution in [0.3, 0.4) is 0 Å². The first kappa shape index (κ1) is 47.7. The number of hydrogen-bond acceptors (Lipinski definition) is 11. The number of nitrogens with one attached hydrogen (secondary N) is 2. The Balaban J connectivity index is 1.27. The molecule has 1 aromatic carbocycles. The van der Waals surface area contributed by atoms with Gasteiger partial charge in [-0.05, 0) is 186 Å². The van der Waals surface area contributed by atoms with Crippen LogP contribution >= 0.6 is 67.8 Å². The molecule has 0 radical (unpaired) electrons. The van der Waals surface area contributed by atoms with Crippen LogP contribution in [0.15, 0.2) is 0 Å². The van der Waals surface area contributed by atoms with E-state index in [4.69, 9.17) is 14.2 Å². The molecule has 0 spiro atoms. The van der Waals surface area contributed by atoms with Crippen LogP contribution in [0.1, 0.15) is 130 Å². The van der Waals surface area contributed by atoms with Crippen molar-refractivity contribution in [1.29, 1.82) is 0 Å². The summed E-state index contributed by atoms with van der Waals surface area (Å²) < 4.78 is 18.0. The SMILES string of the molecule is CC(=O)Nc1c(I)c(NC(C)=O)c(I)c(C(=O)OC(C)OC(=O)[C@@]2(O)CC[C@@]3(C)[C@H](C[C@@H](O)[C@@H]4[C@@H]3C[C@H](O)[C@]3(C)[C@@H]([C@H](C)CCC(=O)OC(C)(C)C)CC[C@@H]43)C2)c1I. The largest absolute Gasteiger partial charge is 0.460 e. The van der Waals surface area contributed by atoms with Crippen LogP contribution in [-0.4, -0.2) is 74.7 Å². The number of aliphatic hydroxyl groups excluding tert-OH is 2. The van der Waals surface area contributed by atoms with E-state index in [0.717, 1.165) is 12.8 Å². The molecule has 12 atom stereocenters. The zero-order chi connectivity index (χ0) is 43.4. The predicted molar refractivity (Wildman–Crippen MR) is 241 cm³/mol. The molecule has 4 saturated carbocycles. The zero-order valence-corrected chi connectivity index (χ0v) is 41.3. The molecule has 0 aliphatic heterocycles. The third kappa shape index (κ3) is 9.35. The van der Waals surface area contributed by atoms with E-state index in [0.29, 0.717) is 54.2 Å². The highest BCUT2D eigenvalue weighted by atomic mass is 127. The summed E-state index contributed by atoms with van der Waals surface area (Å²) in [7, 11) is 0. The second-order valence-electron chi connectivity index (χ2n) is 18.7. The van der Waals surface area contributed by atoms with Crippen molar-refractivity contribution in [3.63, 3.8) is 0 Å². The van der Waals surface area contributed by atoms with Crippen molar-refractivity contribution in [3.8, 4) is 0 Å². The van der Waals surface area contributed by atoms with Gasteiger partial charge in [-0.15, -0.1) is 0 Å². The number of benzene rings is 1. The number of ether oxygens (including phenoxy) is 3. The molecule has 58 heavy (non-hydrogen) atoms. The molecular formula is C42H59I3N2O11. The van der Waals surface area contributed by atoms with E-state index in [-0.39, 0.29) is 77.1 Å². The van der Waals surface area contributed by atoms with E-state index in [1.54, 1.807) is 0 Å². The first-order valence-electron chi connectivity index (χ1n) is 20.2. The monoisotopic (exact) mass is 1150 g/mol. The van der Waals surface area contributed by atoms with Crippen LogP contribution < -0.4 is 10.6 Å². The first-order valence-corrected chi connectivity index (χ1v) is 23.5.